The highest BCUT2D eigenvalue weighted by molar-refractivity contribution is 5.70. The van der Waals surface area contributed by atoms with Crippen molar-refractivity contribution in [2.45, 2.75) is 216 Å². The van der Waals surface area contributed by atoms with Gasteiger partial charge < -0.3 is 79.4 Å². The Morgan fingerprint density at radius 1 is 0.452 bits per heavy atom. The van der Waals surface area contributed by atoms with Crippen LogP contribution in [0.2, 0.25) is 0 Å². The lowest BCUT2D eigenvalue weighted by atomic mass is 10.1. The van der Waals surface area contributed by atoms with Crippen molar-refractivity contribution in [3.05, 3.63) is 68.2 Å². The first-order valence-electron chi connectivity index (χ1n) is 28.6. The Hall–Kier alpha value is -6.23. The van der Waals surface area contributed by atoms with E-state index in [0.29, 0.717) is 0 Å². The number of hydrogen-bond donors (Lipinski definition) is 12. The van der Waals surface area contributed by atoms with E-state index in [1.54, 1.807) is 0 Å². The van der Waals surface area contributed by atoms with Crippen molar-refractivity contribution in [1.29, 1.82) is 0 Å². The van der Waals surface area contributed by atoms with Gasteiger partial charge in [-0.2, -0.15) is 20.4 Å². The second-order valence-corrected chi connectivity index (χ2v) is 20.1. The number of aliphatic hydroxyl groups excluding tert-OH is 9. The highest BCUT2D eigenvalue weighted by atomic mass is 16.8. The Kier molecular flexibility index (Phi) is 31.7. The zero-order valence-corrected chi connectivity index (χ0v) is 47.7. The van der Waals surface area contributed by atoms with Gasteiger partial charge in [0.15, 0.2) is 36.1 Å². The van der Waals surface area contributed by atoms with Crippen LogP contribution < -0.4 is 33.5 Å². The van der Waals surface area contributed by atoms with Crippen LogP contribution in [-0.4, -0.2) is 174 Å². The van der Waals surface area contributed by atoms with E-state index in [4.69, 9.17) is 43.9 Å². The van der Waals surface area contributed by atoms with Gasteiger partial charge in [0.25, 0.3) is 0 Å². The van der Waals surface area contributed by atoms with E-state index >= 15 is 0 Å². The van der Waals surface area contributed by atoms with Crippen LogP contribution in [0.5, 0.6) is 0 Å². The van der Waals surface area contributed by atoms with Crippen LogP contribution in [0.25, 0.3) is 0 Å². The minimum atomic E-state index is -1.40. The van der Waals surface area contributed by atoms with Gasteiger partial charge in [0, 0.05) is 49.6 Å². The predicted octanol–water partition coefficient (Wildman–Crippen LogP) is 1.26. The highest BCUT2D eigenvalue weighted by Crippen LogP contribution is 2.30. The molecule has 0 spiro atoms. The fraction of sp³-hybridized carbons (Fsp3) is 0.717. The standard InChI is InChI=1S/2C18H29N3O7.C17H27N3O8/c2*1-2-3-4-5-6-7-8-14(23)28-20-13-9-10-21(18(26)19-13)17-16(25)15(24)12(11-22)27-17;1-2-3-4-5-6-9-26-17(25)28-19-12-7-8-20(16(24)18-12)15-14(23)13(22)11(10-21)27-15/h2*9-10,12,15-17,22,24-25H,2-8,11H2,1H3,(H,19,20,26);7-8,11,13-15,21-23H,2-6,9-10H2,1H3,(H,18,19,24)/t2*12-,15+,16?,17-;11-,13+,14?,15-/m111/s1. The molecule has 3 aliphatic heterocycles. The molecule has 0 amide bonds. The molecular formula is C53H85N9O22. The number of hydrogen-bond acceptors (Lipinski definition) is 28. The molecule has 3 aromatic rings. The lowest BCUT2D eigenvalue weighted by Crippen LogP contribution is -2.36. The maximum absolute atomic E-state index is 12.2. The SMILES string of the molecule is CCCCCCCCC(=O)ONc1ccn([C@@H]2O[C@H](CO)[C@H](O)C2O)c(=O)n1.CCCCCCCCC(=O)ONc1ccn([C@@H]2O[C@H](CO)[C@H](O)C2O)c(=O)n1.CCCCCCCOC(=O)ONc1ccn([C@@H]2O[C@H](CO)[C@H](O)C2O)c(=O)n1. The largest absolute Gasteiger partial charge is 0.533 e. The first-order chi connectivity index (χ1) is 40.4. The van der Waals surface area contributed by atoms with Gasteiger partial charge in [0.05, 0.1) is 26.4 Å². The zero-order valence-electron chi connectivity index (χ0n) is 47.7. The summed E-state index contributed by atoms with van der Waals surface area (Å²) in [5.74, 6) is -0.865. The second-order valence-electron chi connectivity index (χ2n) is 20.1. The fourth-order valence-electron chi connectivity index (χ4n) is 8.72. The summed E-state index contributed by atoms with van der Waals surface area (Å²) in [5.41, 5.74) is 4.53. The number of nitrogens with zero attached hydrogens (tertiary/aromatic N) is 6. The summed E-state index contributed by atoms with van der Waals surface area (Å²) in [4.78, 5) is 96.9. The van der Waals surface area contributed by atoms with Gasteiger partial charge in [-0.25, -0.2) is 39.7 Å². The van der Waals surface area contributed by atoms with Crippen molar-refractivity contribution in [2.75, 3.05) is 42.9 Å². The molecular weight excluding hydrogens is 1110 g/mol. The predicted molar refractivity (Wildman–Crippen MR) is 295 cm³/mol. The van der Waals surface area contributed by atoms with Crippen LogP contribution in [0.15, 0.2) is 51.2 Å². The van der Waals surface area contributed by atoms with Gasteiger partial charge >= 0.3 is 35.2 Å². The zero-order chi connectivity index (χ0) is 61.6. The van der Waals surface area contributed by atoms with E-state index in [2.05, 4.69) is 57.0 Å². The lowest BCUT2D eigenvalue weighted by molar-refractivity contribution is -0.141. The third-order valence-electron chi connectivity index (χ3n) is 13.6. The fourth-order valence-corrected chi connectivity index (χ4v) is 8.72. The molecule has 3 saturated heterocycles. The third-order valence-corrected chi connectivity index (χ3v) is 13.6. The van der Waals surface area contributed by atoms with E-state index in [9.17, 15) is 59.4 Å². The molecule has 31 nitrogen and oxygen atoms in total. The van der Waals surface area contributed by atoms with Crippen LogP contribution in [0.1, 0.15) is 161 Å². The van der Waals surface area contributed by atoms with E-state index in [1.165, 1.54) is 75.3 Å². The molecule has 31 heteroatoms. The Bertz CT molecular complexity index is 2320. The van der Waals surface area contributed by atoms with Crippen LogP contribution in [0.4, 0.5) is 22.2 Å². The molecule has 3 fully saturated rings. The smallest absolute Gasteiger partial charge is 0.433 e. The first-order valence-corrected chi connectivity index (χ1v) is 28.6. The summed E-state index contributed by atoms with van der Waals surface area (Å²) in [6, 6.07) is 4.05. The highest BCUT2D eigenvalue weighted by Gasteiger charge is 2.46. The van der Waals surface area contributed by atoms with Gasteiger partial charge in [0.2, 0.25) is 0 Å². The molecule has 12 N–H and O–H groups in total. The number of unbranched alkanes of at least 4 members (excludes halogenated alkanes) is 14. The molecule has 3 aromatic heterocycles. The molecule has 84 heavy (non-hydrogen) atoms. The van der Waals surface area contributed by atoms with Crippen LogP contribution in [0, 0.1) is 0 Å². The van der Waals surface area contributed by atoms with E-state index in [-0.39, 0.29) is 36.9 Å². The summed E-state index contributed by atoms with van der Waals surface area (Å²) < 4.78 is 23.7. The van der Waals surface area contributed by atoms with Gasteiger partial charge in [-0.3, -0.25) is 13.7 Å². The van der Waals surface area contributed by atoms with Crippen molar-refractivity contribution in [3.63, 3.8) is 0 Å². The average molecular weight is 1200 g/mol. The monoisotopic (exact) mass is 1200 g/mol. The van der Waals surface area contributed by atoms with Gasteiger partial charge in [-0.1, -0.05) is 111 Å². The Balaban J connectivity index is 0.000000270. The molecule has 0 bridgehead atoms. The van der Waals surface area contributed by atoms with Gasteiger partial charge in [0.1, 0.15) is 54.9 Å². The quantitative estimate of drug-likeness (QED) is 0.0181. The van der Waals surface area contributed by atoms with Crippen LogP contribution in [0.3, 0.4) is 0 Å². The van der Waals surface area contributed by atoms with Gasteiger partial charge in [-0.15, -0.1) is 0 Å². The maximum atomic E-state index is 12.2. The molecule has 12 atom stereocenters. The molecule has 6 rings (SSSR count). The molecule has 0 saturated carbocycles. The molecule has 474 valence electrons. The first kappa shape index (κ1) is 70.3. The van der Waals surface area contributed by atoms with Crippen LogP contribution >= 0.6 is 0 Å². The maximum Gasteiger partial charge on any atom is 0.533 e. The number of rotatable bonds is 32. The van der Waals surface area contributed by atoms with Crippen molar-refractivity contribution in [1.82, 2.24) is 28.7 Å². The third kappa shape index (κ3) is 22.3. The number of aromatic nitrogens is 6. The number of ether oxygens (including phenoxy) is 4. The number of aliphatic hydroxyl groups is 9. The van der Waals surface area contributed by atoms with Gasteiger partial charge in [-0.05, 0) is 19.3 Å². The number of carbonyl (C=O) groups is 3. The number of nitrogens with one attached hydrogen (secondary N) is 3. The lowest BCUT2D eigenvalue weighted by Gasteiger charge is -2.17. The normalized spacial score (nSPS) is 24.2. The second kappa shape index (κ2) is 37.9. The molecule has 0 aliphatic carbocycles. The summed E-state index contributed by atoms with van der Waals surface area (Å²) in [7, 11) is 0. The summed E-state index contributed by atoms with van der Waals surface area (Å²) >= 11 is 0. The summed E-state index contributed by atoms with van der Waals surface area (Å²) in [6.07, 6.45) is 6.53. The Labute approximate surface area is 484 Å². The average Bonchev–Trinajstić information content (AvgIpc) is 3.79. The Morgan fingerprint density at radius 2 is 0.750 bits per heavy atom. The topological polar surface area (TPSA) is 439 Å². The van der Waals surface area contributed by atoms with Crippen molar-refractivity contribution in [2.24, 2.45) is 0 Å². The molecule has 3 aliphatic rings. The van der Waals surface area contributed by atoms with Crippen molar-refractivity contribution in [3.8, 4) is 0 Å². The van der Waals surface area contributed by atoms with E-state index < -0.39 is 129 Å². The number of carbonyl (C=O) groups excluding carboxylic acids is 3. The summed E-state index contributed by atoms with van der Waals surface area (Å²) in [6.45, 7) is 5.15. The molecule has 0 aromatic carbocycles. The van der Waals surface area contributed by atoms with Crippen LogP contribution in [-0.2, 0) is 43.0 Å². The van der Waals surface area contributed by atoms with E-state index in [1.807, 2.05) is 0 Å². The Morgan fingerprint density at radius 3 is 1.05 bits per heavy atom. The number of anilines is 3. The molecule has 6 heterocycles. The minimum absolute atomic E-state index is 0.0317. The van der Waals surface area contributed by atoms with Crippen molar-refractivity contribution < 1.29 is 93.8 Å². The molecule has 0 radical (unpaired) electrons. The van der Waals surface area contributed by atoms with E-state index in [0.717, 1.165) is 84.3 Å². The summed E-state index contributed by atoms with van der Waals surface area (Å²) in [5, 5.41) is 86.5. The minimum Gasteiger partial charge on any atom is -0.433 e. The molecule has 3 unspecified atom stereocenters. The van der Waals surface area contributed by atoms with Crippen molar-refractivity contribution >= 4 is 35.5 Å².